The van der Waals surface area contributed by atoms with Crippen molar-refractivity contribution in [1.29, 1.82) is 0 Å². The normalized spacial score (nSPS) is 21.3. The number of aromatic carboxylic acids is 1. The third-order valence-corrected chi connectivity index (χ3v) is 4.59. The third kappa shape index (κ3) is 4.49. The fourth-order valence-corrected chi connectivity index (χ4v) is 3.05. The van der Waals surface area contributed by atoms with Gasteiger partial charge in [-0.15, -0.1) is 0 Å². The van der Waals surface area contributed by atoms with E-state index in [2.05, 4.69) is 0 Å². The minimum absolute atomic E-state index is 0.167. The summed E-state index contributed by atoms with van der Waals surface area (Å²) in [4.78, 5) is 22.5. The fourth-order valence-electron chi connectivity index (χ4n) is 3.05. The second-order valence-corrected chi connectivity index (χ2v) is 6.51. The van der Waals surface area contributed by atoms with E-state index in [0.29, 0.717) is 30.6 Å². The van der Waals surface area contributed by atoms with Gasteiger partial charge in [-0.3, -0.25) is 4.79 Å². The summed E-state index contributed by atoms with van der Waals surface area (Å²) in [6.07, 6.45) is 0.155. The number of benzene rings is 2. The number of hydrogen-bond donors (Lipinski definition) is 2. The molecule has 0 aliphatic carbocycles. The highest BCUT2D eigenvalue weighted by Crippen LogP contribution is 2.31. The molecule has 2 aromatic rings. The molecule has 0 saturated carbocycles. The van der Waals surface area contributed by atoms with Crippen LogP contribution in [0.25, 0.3) is 0 Å². The predicted molar refractivity (Wildman–Crippen MR) is 99.8 cm³/mol. The van der Waals surface area contributed by atoms with E-state index < -0.39 is 18.4 Å². The standard InChI is InChI=1S/C21H22O7/c1-2-17-16(23)10-20(27-17)28-19-5-3-4-18(15(19)11-22)26-12-13-6-8-14(9-7-13)21(24)25/h3-9,11,16-17,20,23H,2,10,12H2,1H3,(H,24,25)/t16?,17-,20+/m1/s1. The van der Waals surface area contributed by atoms with Gasteiger partial charge in [-0.2, -0.15) is 0 Å². The van der Waals surface area contributed by atoms with Crippen LogP contribution in [-0.4, -0.2) is 41.0 Å². The molecule has 1 aliphatic heterocycles. The zero-order valence-corrected chi connectivity index (χ0v) is 15.4. The van der Waals surface area contributed by atoms with Gasteiger partial charge >= 0.3 is 5.97 Å². The maximum atomic E-state index is 11.6. The number of carboxylic acid groups (broad SMARTS) is 1. The Hall–Kier alpha value is -2.90. The van der Waals surface area contributed by atoms with E-state index in [1.807, 2.05) is 6.92 Å². The van der Waals surface area contributed by atoms with Crippen molar-refractivity contribution in [1.82, 2.24) is 0 Å². The first-order chi connectivity index (χ1) is 13.5. The molecule has 28 heavy (non-hydrogen) atoms. The van der Waals surface area contributed by atoms with Crippen molar-refractivity contribution in [3.8, 4) is 11.5 Å². The average molecular weight is 386 g/mol. The first-order valence-corrected chi connectivity index (χ1v) is 9.05. The van der Waals surface area contributed by atoms with E-state index in [0.717, 1.165) is 5.56 Å². The maximum Gasteiger partial charge on any atom is 0.335 e. The van der Waals surface area contributed by atoms with Gasteiger partial charge < -0.3 is 24.4 Å². The van der Waals surface area contributed by atoms with Crippen LogP contribution in [0.4, 0.5) is 0 Å². The second kappa shape index (κ2) is 8.86. The number of aliphatic hydroxyl groups is 1. The summed E-state index contributed by atoms with van der Waals surface area (Å²) in [6, 6.07) is 11.3. The molecular formula is C21H22O7. The Kier molecular flexibility index (Phi) is 6.28. The number of aliphatic hydroxyl groups excluding tert-OH is 1. The summed E-state index contributed by atoms with van der Waals surface area (Å²) in [5, 5.41) is 18.9. The first-order valence-electron chi connectivity index (χ1n) is 9.05. The Bertz CT molecular complexity index is 831. The Morgan fingerprint density at radius 2 is 1.93 bits per heavy atom. The highest BCUT2D eigenvalue weighted by molar-refractivity contribution is 5.87. The molecule has 148 valence electrons. The van der Waals surface area contributed by atoms with Gasteiger partial charge in [0.25, 0.3) is 0 Å². The van der Waals surface area contributed by atoms with Gasteiger partial charge in [-0.25, -0.2) is 4.79 Å². The monoisotopic (exact) mass is 386 g/mol. The molecule has 1 aliphatic rings. The smallest absolute Gasteiger partial charge is 0.335 e. The van der Waals surface area contributed by atoms with Crippen molar-refractivity contribution in [3.05, 3.63) is 59.2 Å². The molecule has 1 unspecified atom stereocenters. The van der Waals surface area contributed by atoms with Crippen LogP contribution in [0.1, 0.15) is 46.0 Å². The zero-order chi connectivity index (χ0) is 20.1. The molecule has 7 heteroatoms. The Labute approximate surface area is 162 Å². The summed E-state index contributed by atoms with van der Waals surface area (Å²) in [6.45, 7) is 2.09. The fraction of sp³-hybridized carbons (Fsp3) is 0.333. The molecule has 0 bridgehead atoms. The van der Waals surface area contributed by atoms with Crippen LogP contribution in [0.3, 0.4) is 0 Å². The zero-order valence-electron chi connectivity index (χ0n) is 15.4. The number of ether oxygens (including phenoxy) is 3. The number of aldehydes is 1. The molecule has 0 amide bonds. The van der Waals surface area contributed by atoms with Gasteiger partial charge in [0.1, 0.15) is 18.1 Å². The van der Waals surface area contributed by atoms with Gasteiger partial charge in [0.15, 0.2) is 6.29 Å². The van der Waals surface area contributed by atoms with Gasteiger partial charge in [-0.1, -0.05) is 25.1 Å². The molecule has 3 rings (SSSR count). The lowest BCUT2D eigenvalue weighted by atomic mass is 10.1. The molecule has 1 fully saturated rings. The molecule has 2 N–H and O–H groups in total. The van der Waals surface area contributed by atoms with Crippen molar-refractivity contribution in [2.24, 2.45) is 0 Å². The number of hydrogen-bond acceptors (Lipinski definition) is 6. The lowest BCUT2D eigenvalue weighted by Gasteiger charge is -2.17. The lowest BCUT2D eigenvalue weighted by molar-refractivity contribution is -0.0797. The summed E-state index contributed by atoms with van der Waals surface area (Å²) in [5.74, 6) is -0.326. The van der Waals surface area contributed by atoms with Crippen LogP contribution in [0.2, 0.25) is 0 Å². The molecule has 0 spiro atoms. The van der Waals surface area contributed by atoms with Crippen LogP contribution in [0, 0.1) is 0 Å². The van der Waals surface area contributed by atoms with Gasteiger partial charge in [0.2, 0.25) is 6.29 Å². The highest BCUT2D eigenvalue weighted by Gasteiger charge is 2.34. The first kappa shape index (κ1) is 19.9. The maximum absolute atomic E-state index is 11.6. The van der Waals surface area contributed by atoms with E-state index in [-0.39, 0.29) is 23.8 Å². The quantitative estimate of drug-likeness (QED) is 0.672. The van der Waals surface area contributed by atoms with Gasteiger partial charge in [0, 0.05) is 6.42 Å². The molecule has 2 aromatic carbocycles. The SMILES string of the molecule is CC[C@H]1O[C@@H](Oc2cccc(OCc3ccc(C(=O)O)cc3)c2C=O)CC1O. The Morgan fingerprint density at radius 1 is 1.21 bits per heavy atom. The number of carboxylic acids is 1. The summed E-state index contributed by atoms with van der Waals surface area (Å²) >= 11 is 0. The van der Waals surface area contributed by atoms with E-state index in [9.17, 15) is 14.7 Å². The van der Waals surface area contributed by atoms with Crippen molar-refractivity contribution in [2.75, 3.05) is 0 Å². The Morgan fingerprint density at radius 3 is 2.54 bits per heavy atom. The van der Waals surface area contributed by atoms with Crippen molar-refractivity contribution < 1.29 is 34.0 Å². The van der Waals surface area contributed by atoms with E-state index in [1.54, 1.807) is 30.3 Å². The van der Waals surface area contributed by atoms with E-state index in [1.165, 1.54) is 12.1 Å². The van der Waals surface area contributed by atoms with Crippen LogP contribution >= 0.6 is 0 Å². The minimum Gasteiger partial charge on any atom is -0.488 e. The van der Waals surface area contributed by atoms with Crippen molar-refractivity contribution >= 4 is 12.3 Å². The summed E-state index contributed by atoms with van der Waals surface area (Å²) < 4.78 is 17.2. The molecule has 0 radical (unpaired) electrons. The molecule has 3 atom stereocenters. The minimum atomic E-state index is -0.995. The number of carbonyl (C=O) groups is 2. The highest BCUT2D eigenvalue weighted by atomic mass is 16.7. The van der Waals surface area contributed by atoms with E-state index in [4.69, 9.17) is 19.3 Å². The molecule has 1 heterocycles. The molecule has 7 nitrogen and oxygen atoms in total. The van der Waals surface area contributed by atoms with Crippen LogP contribution in [-0.2, 0) is 11.3 Å². The second-order valence-electron chi connectivity index (χ2n) is 6.51. The summed E-state index contributed by atoms with van der Waals surface area (Å²) in [7, 11) is 0. The predicted octanol–water partition coefficient (Wildman–Crippen LogP) is 3.04. The Balaban J connectivity index is 1.69. The van der Waals surface area contributed by atoms with Crippen LogP contribution in [0.15, 0.2) is 42.5 Å². The third-order valence-electron chi connectivity index (χ3n) is 4.59. The summed E-state index contributed by atoms with van der Waals surface area (Å²) in [5.41, 5.74) is 1.21. The van der Waals surface area contributed by atoms with Crippen LogP contribution in [0.5, 0.6) is 11.5 Å². The molecular weight excluding hydrogens is 364 g/mol. The van der Waals surface area contributed by atoms with Gasteiger partial charge in [0.05, 0.1) is 23.3 Å². The number of rotatable bonds is 8. The molecule has 1 saturated heterocycles. The topological polar surface area (TPSA) is 102 Å². The number of carbonyl (C=O) groups excluding carboxylic acids is 1. The average Bonchev–Trinajstić information content (AvgIpc) is 3.05. The van der Waals surface area contributed by atoms with Crippen LogP contribution < -0.4 is 9.47 Å². The van der Waals surface area contributed by atoms with Gasteiger partial charge in [-0.05, 0) is 36.2 Å². The van der Waals surface area contributed by atoms with Crippen molar-refractivity contribution in [3.63, 3.8) is 0 Å². The lowest BCUT2D eigenvalue weighted by Crippen LogP contribution is -2.19. The molecule has 0 aromatic heterocycles. The van der Waals surface area contributed by atoms with E-state index >= 15 is 0 Å². The van der Waals surface area contributed by atoms with Crippen molar-refractivity contribution in [2.45, 2.75) is 44.9 Å². The largest absolute Gasteiger partial charge is 0.488 e.